The molecule has 0 radical (unpaired) electrons. The molecule has 0 fully saturated rings. The molecule has 5 rings (SSSR count). The second-order valence-corrected chi connectivity index (χ2v) is 8.44. The van der Waals surface area contributed by atoms with Crippen molar-refractivity contribution in [3.8, 4) is 11.3 Å². The van der Waals surface area contributed by atoms with Crippen molar-refractivity contribution in [3.63, 3.8) is 0 Å². The predicted octanol–water partition coefficient (Wildman–Crippen LogP) is 7.29. The third-order valence-corrected chi connectivity index (χ3v) is 6.29. The van der Waals surface area contributed by atoms with Crippen LogP contribution < -0.4 is 0 Å². The smallest absolute Gasteiger partial charge is 0.138 e. The van der Waals surface area contributed by atoms with E-state index in [0.29, 0.717) is 0 Å². The van der Waals surface area contributed by atoms with Crippen LogP contribution in [-0.2, 0) is 5.54 Å². The Balaban J connectivity index is 1.84. The molecule has 0 spiro atoms. The average Bonchev–Trinajstić information content (AvgIpc) is 3.24. The van der Waals surface area contributed by atoms with Crippen molar-refractivity contribution in [1.29, 1.82) is 0 Å². The van der Waals surface area contributed by atoms with E-state index in [9.17, 15) is 4.39 Å². The molecule has 0 aliphatic carbocycles. The van der Waals surface area contributed by atoms with Crippen molar-refractivity contribution in [2.75, 3.05) is 0 Å². The fourth-order valence-corrected chi connectivity index (χ4v) is 4.77. The van der Waals surface area contributed by atoms with Gasteiger partial charge >= 0.3 is 0 Å². The summed E-state index contributed by atoms with van der Waals surface area (Å²) in [5.74, 6) is -0.267. The quantitative estimate of drug-likeness (QED) is 0.240. The van der Waals surface area contributed by atoms with Gasteiger partial charge in [0, 0.05) is 11.8 Å². The van der Waals surface area contributed by atoms with Gasteiger partial charge in [-0.05, 0) is 56.9 Å². The van der Waals surface area contributed by atoms with Crippen LogP contribution in [0.25, 0.3) is 11.3 Å². The molecule has 0 unspecified atom stereocenters. The average molecular weight is 483 g/mol. The summed E-state index contributed by atoms with van der Waals surface area (Å²) in [5.41, 5.74) is 4.20. The van der Waals surface area contributed by atoms with Crippen LogP contribution >= 0.6 is 15.9 Å². The zero-order chi connectivity index (χ0) is 22.0. The van der Waals surface area contributed by atoms with E-state index < -0.39 is 5.54 Å². The molecular formula is C28H20BrFN2. The number of rotatable bonds is 5. The number of benzene rings is 4. The third kappa shape index (κ3) is 3.47. The summed E-state index contributed by atoms with van der Waals surface area (Å²) in [7, 11) is 0. The van der Waals surface area contributed by atoms with Crippen molar-refractivity contribution in [2.24, 2.45) is 0 Å². The van der Waals surface area contributed by atoms with E-state index in [0.717, 1.165) is 32.4 Å². The minimum absolute atomic E-state index is 0.267. The highest BCUT2D eigenvalue weighted by molar-refractivity contribution is 9.10. The van der Waals surface area contributed by atoms with Crippen molar-refractivity contribution in [1.82, 2.24) is 9.78 Å². The Kier molecular flexibility index (Phi) is 5.46. The van der Waals surface area contributed by atoms with Crippen molar-refractivity contribution in [3.05, 3.63) is 148 Å². The van der Waals surface area contributed by atoms with Crippen LogP contribution in [0.5, 0.6) is 0 Å². The second-order valence-electron chi connectivity index (χ2n) is 7.59. The van der Waals surface area contributed by atoms with Gasteiger partial charge < -0.3 is 0 Å². The number of hydrogen-bond acceptors (Lipinski definition) is 1. The number of aromatic nitrogens is 2. The van der Waals surface area contributed by atoms with Crippen LogP contribution in [0.4, 0.5) is 4.39 Å². The molecule has 0 saturated carbocycles. The van der Waals surface area contributed by atoms with Gasteiger partial charge in [0.2, 0.25) is 0 Å². The van der Waals surface area contributed by atoms with Crippen LogP contribution in [0.2, 0.25) is 0 Å². The number of hydrogen-bond donors (Lipinski definition) is 0. The molecule has 5 aromatic rings. The van der Waals surface area contributed by atoms with E-state index in [1.807, 2.05) is 29.1 Å². The first-order valence-electron chi connectivity index (χ1n) is 10.4. The van der Waals surface area contributed by atoms with Crippen LogP contribution in [0.3, 0.4) is 0 Å². The highest BCUT2D eigenvalue weighted by atomic mass is 79.9. The highest BCUT2D eigenvalue weighted by Crippen LogP contribution is 2.42. The second kappa shape index (κ2) is 8.56. The lowest BCUT2D eigenvalue weighted by atomic mass is 9.77. The van der Waals surface area contributed by atoms with Crippen molar-refractivity contribution >= 4 is 15.9 Å². The molecule has 0 aliphatic heterocycles. The summed E-state index contributed by atoms with van der Waals surface area (Å²) in [5, 5.41) is 5.06. The summed E-state index contributed by atoms with van der Waals surface area (Å²) < 4.78 is 16.4. The maximum absolute atomic E-state index is 13.5. The first-order chi connectivity index (χ1) is 15.7. The fraction of sp³-hybridized carbons (Fsp3) is 0.0357. The Hall–Kier alpha value is -3.50. The first-order valence-corrected chi connectivity index (χ1v) is 11.2. The molecule has 2 nitrogen and oxygen atoms in total. The molecule has 1 aromatic heterocycles. The van der Waals surface area contributed by atoms with Gasteiger partial charge in [-0.25, -0.2) is 4.39 Å². The SMILES string of the molecule is Fc1ccc(-c2nn(C(c3ccccc3)(c3ccccc3)c3ccccc3)cc2Br)cc1. The molecule has 0 atom stereocenters. The Morgan fingerprint density at radius 2 is 1.06 bits per heavy atom. The fourth-order valence-electron chi connectivity index (χ4n) is 4.26. The lowest BCUT2D eigenvalue weighted by Gasteiger charge is -2.36. The lowest BCUT2D eigenvalue weighted by molar-refractivity contribution is 0.461. The molecule has 0 amide bonds. The van der Waals surface area contributed by atoms with E-state index in [-0.39, 0.29) is 5.82 Å². The van der Waals surface area contributed by atoms with Gasteiger partial charge in [-0.15, -0.1) is 0 Å². The van der Waals surface area contributed by atoms with Crippen LogP contribution in [0.1, 0.15) is 16.7 Å². The topological polar surface area (TPSA) is 17.8 Å². The molecule has 4 heteroatoms. The van der Waals surface area contributed by atoms with Crippen LogP contribution in [0.15, 0.2) is 126 Å². The van der Waals surface area contributed by atoms with Gasteiger partial charge in [0.05, 0.1) is 4.47 Å². The van der Waals surface area contributed by atoms with E-state index in [2.05, 4.69) is 88.7 Å². The van der Waals surface area contributed by atoms with Crippen LogP contribution in [-0.4, -0.2) is 9.78 Å². The first kappa shape index (κ1) is 20.4. The Morgan fingerprint density at radius 1 is 0.625 bits per heavy atom. The number of nitrogens with zero attached hydrogens (tertiary/aromatic N) is 2. The zero-order valence-electron chi connectivity index (χ0n) is 17.2. The van der Waals surface area contributed by atoms with E-state index in [1.165, 1.54) is 12.1 Å². The van der Waals surface area contributed by atoms with E-state index in [4.69, 9.17) is 5.10 Å². The monoisotopic (exact) mass is 482 g/mol. The van der Waals surface area contributed by atoms with Gasteiger partial charge in [0.1, 0.15) is 17.1 Å². The lowest BCUT2D eigenvalue weighted by Crippen LogP contribution is -2.38. The normalized spacial score (nSPS) is 11.4. The molecular weight excluding hydrogens is 463 g/mol. The summed E-state index contributed by atoms with van der Waals surface area (Å²) in [6.45, 7) is 0. The highest BCUT2D eigenvalue weighted by Gasteiger charge is 2.39. The Bertz CT molecular complexity index is 1220. The summed E-state index contributed by atoms with van der Waals surface area (Å²) in [6.07, 6.45) is 2.01. The summed E-state index contributed by atoms with van der Waals surface area (Å²) >= 11 is 3.71. The zero-order valence-corrected chi connectivity index (χ0v) is 18.8. The van der Waals surface area contributed by atoms with Crippen molar-refractivity contribution in [2.45, 2.75) is 5.54 Å². The number of halogens is 2. The third-order valence-electron chi connectivity index (χ3n) is 5.71. The molecule has 156 valence electrons. The van der Waals surface area contributed by atoms with Gasteiger partial charge in [0.25, 0.3) is 0 Å². The minimum atomic E-state index is -0.690. The molecule has 1 heterocycles. The minimum Gasteiger partial charge on any atom is -0.251 e. The molecule has 0 aliphatic rings. The van der Waals surface area contributed by atoms with Gasteiger partial charge in [-0.1, -0.05) is 91.0 Å². The van der Waals surface area contributed by atoms with Gasteiger partial charge in [-0.3, -0.25) is 4.68 Å². The van der Waals surface area contributed by atoms with Gasteiger partial charge in [-0.2, -0.15) is 5.10 Å². The maximum atomic E-state index is 13.5. The molecule has 0 saturated heterocycles. The van der Waals surface area contributed by atoms with E-state index >= 15 is 0 Å². The predicted molar refractivity (Wildman–Crippen MR) is 130 cm³/mol. The van der Waals surface area contributed by atoms with Gasteiger partial charge in [0.15, 0.2) is 0 Å². The molecule has 0 bridgehead atoms. The van der Waals surface area contributed by atoms with Crippen molar-refractivity contribution < 1.29 is 4.39 Å². The summed E-state index contributed by atoms with van der Waals surface area (Å²) in [6, 6.07) is 37.6. The largest absolute Gasteiger partial charge is 0.251 e. The molecule has 0 N–H and O–H groups in total. The van der Waals surface area contributed by atoms with Crippen LogP contribution in [0, 0.1) is 5.82 Å². The standard InChI is InChI=1S/C28H20BrFN2/c29-26-20-32(31-27(26)21-16-18-25(30)19-17-21)28(22-10-4-1-5-11-22,23-12-6-2-7-13-23)24-14-8-3-9-15-24/h1-20H. The summed E-state index contributed by atoms with van der Waals surface area (Å²) in [4.78, 5) is 0. The van der Waals surface area contributed by atoms with E-state index in [1.54, 1.807) is 12.1 Å². The molecule has 32 heavy (non-hydrogen) atoms. The maximum Gasteiger partial charge on any atom is 0.138 e. The molecule has 4 aromatic carbocycles. The Morgan fingerprint density at radius 3 is 1.50 bits per heavy atom. The Labute approximate surface area is 195 Å².